The minimum absolute atomic E-state index is 0.0559. The fraction of sp³-hybridized carbons (Fsp3) is 0.417. The summed E-state index contributed by atoms with van der Waals surface area (Å²) in [5.74, 6) is 0. The molecule has 1 aromatic carbocycles. The molecular formula is C12H15N3. The lowest BCUT2D eigenvalue weighted by Gasteiger charge is -2.07. The lowest BCUT2D eigenvalue weighted by Crippen LogP contribution is -2.18. The van der Waals surface area contributed by atoms with Gasteiger partial charge in [0, 0.05) is 23.7 Å². The SMILES string of the molecule is Cc1c2ccc(C3(N)CC3)cc2nn1C. The molecule has 1 aromatic heterocycles. The van der Waals surface area contributed by atoms with Crippen molar-refractivity contribution < 1.29 is 0 Å². The Morgan fingerprint density at radius 2 is 2.13 bits per heavy atom. The summed E-state index contributed by atoms with van der Waals surface area (Å²) in [6, 6.07) is 6.42. The molecule has 3 nitrogen and oxygen atoms in total. The Labute approximate surface area is 88.9 Å². The van der Waals surface area contributed by atoms with Gasteiger partial charge in [-0.1, -0.05) is 12.1 Å². The van der Waals surface area contributed by atoms with E-state index in [1.54, 1.807) is 0 Å². The van der Waals surface area contributed by atoms with Crippen LogP contribution in [0.15, 0.2) is 18.2 Å². The second kappa shape index (κ2) is 2.61. The van der Waals surface area contributed by atoms with Crippen LogP contribution in [0, 0.1) is 6.92 Å². The van der Waals surface area contributed by atoms with E-state index in [1.165, 1.54) is 16.6 Å². The van der Waals surface area contributed by atoms with Crippen LogP contribution in [0.25, 0.3) is 10.9 Å². The van der Waals surface area contributed by atoms with Gasteiger partial charge >= 0.3 is 0 Å². The van der Waals surface area contributed by atoms with E-state index in [-0.39, 0.29) is 5.54 Å². The van der Waals surface area contributed by atoms with Gasteiger partial charge in [0.2, 0.25) is 0 Å². The molecule has 1 aliphatic rings. The van der Waals surface area contributed by atoms with Gasteiger partial charge in [0.15, 0.2) is 0 Å². The largest absolute Gasteiger partial charge is 0.321 e. The topological polar surface area (TPSA) is 43.8 Å². The second-order valence-electron chi connectivity index (χ2n) is 4.60. The molecule has 0 bridgehead atoms. The zero-order valence-corrected chi connectivity index (χ0v) is 9.12. The van der Waals surface area contributed by atoms with Crippen LogP contribution in [0.2, 0.25) is 0 Å². The minimum Gasteiger partial charge on any atom is -0.321 e. The van der Waals surface area contributed by atoms with Crippen molar-refractivity contribution in [2.45, 2.75) is 25.3 Å². The first-order chi connectivity index (χ1) is 7.10. The molecule has 78 valence electrons. The summed E-state index contributed by atoms with van der Waals surface area (Å²) in [5, 5.41) is 5.70. The molecule has 2 aromatic rings. The van der Waals surface area contributed by atoms with Crippen LogP contribution < -0.4 is 5.73 Å². The molecule has 2 N–H and O–H groups in total. The summed E-state index contributed by atoms with van der Waals surface area (Å²) in [7, 11) is 1.98. The highest BCUT2D eigenvalue weighted by atomic mass is 15.3. The standard InChI is InChI=1S/C12H15N3/c1-8-10-4-3-9(12(13)5-6-12)7-11(10)14-15(8)2/h3-4,7H,5-6,13H2,1-2H3. The van der Waals surface area contributed by atoms with Crippen LogP contribution in [0.1, 0.15) is 24.1 Å². The van der Waals surface area contributed by atoms with Gasteiger partial charge in [-0.15, -0.1) is 0 Å². The molecule has 0 radical (unpaired) electrons. The van der Waals surface area contributed by atoms with E-state index < -0.39 is 0 Å². The summed E-state index contributed by atoms with van der Waals surface area (Å²) >= 11 is 0. The molecule has 0 saturated heterocycles. The molecule has 3 heteroatoms. The molecule has 1 aliphatic carbocycles. The first kappa shape index (κ1) is 8.92. The van der Waals surface area contributed by atoms with Crippen LogP contribution in [-0.4, -0.2) is 9.78 Å². The molecule has 3 rings (SSSR count). The predicted molar refractivity (Wildman–Crippen MR) is 60.6 cm³/mol. The average Bonchev–Trinajstić information content (AvgIpc) is 2.90. The van der Waals surface area contributed by atoms with Gasteiger partial charge in [0.25, 0.3) is 0 Å². The van der Waals surface area contributed by atoms with Crippen molar-refractivity contribution in [3.8, 4) is 0 Å². The molecule has 0 spiro atoms. The van der Waals surface area contributed by atoms with E-state index >= 15 is 0 Å². The van der Waals surface area contributed by atoms with Crippen molar-refractivity contribution in [1.29, 1.82) is 0 Å². The minimum atomic E-state index is -0.0559. The second-order valence-corrected chi connectivity index (χ2v) is 4.60. The fourth-order valence-electron chi connectivity index (χ4n) is 2.06. The smallest absolute Gasteiger partial charge is 0.0929 e. The number of hydrogen-bond donors (Lipinski definition) is 1. The number of aryl methyl sites for hydroxylation is 2. The van der Waals surface area contributed by atoms with E-state index in [0.29, 0.717) is 0 Å². The Morgan fingerprint density at radius 1 is 1.40 bits per heavy atom. The van der Waals surface area contributed by atoms with Crippen LogP contribution in [0.5, 0.6) is 0 Å². The summed E-state index contributed by atoms with van der Waals surface area (Å²) in [5.41, 5.74) is 9.61. The van der Waals surface area contributed by atoms with Gasteiger partial charge in [-0.05, 0) is 31.4 Å². The van der Waals surface area contributed by atoms with Crippen molar-refractivity contribution in [1.82, 2.24) is 9.78 Å². The summed E-state index contributed by atoms with van der Waals surface area (Å²) in [6.45, 7) is 2.09. The molecule has 0 unspecified atom stereocenters. The third-order valence-corrected chi connectivity index (χ3v) is 3.49. The highest BCUT2D eigenvalue weighted by molar-refractivity contribution is 5.82. The Morgan fingerprint density at radius 3 is 2.80 bits per heavy atom. The van der Waals surface area contributed by atoms with Crippen molar-refractivity contribution in [3.63, 3.8) is 0 Å². The van der Waals surface area contributed by atoms with Crippen molar-refractivity contribution in [2.75, 3.05) is 0 Å². The highest BCUT2D eigenvalue weighted by Crippen LogP contribution is 2.43. The van der Waals surface area contributed by atoms with Crippen molar-refractivity contribution in [3.05, 3.63) is 29.5 Å². The Bertz CT molecular complexity index is 535. The van der Waals surface area contributed by atoms with Crippen molar-refractivity contribution in [2.24, 2.45) is 12.8 Å². The van der Waals surface area contributed by atoms with Gasteiger partial charge in [-0.2, -0.15) is 5.10 Å². The maximum atomic E-state index is 6.17. The van der Waals surface area contributed by atoms with E-state index in [1.807, 2.05) is 11.7 Å². The molecule has 15 heavy (non-hydrogen) atoms. The lowest BCUT2D eigenvalue weighted by molar-refractivity contribution is 0.738. The zero-order valence-electron chi connectivity index (χ0n) is 9.12. The number of rotatable bonds is 1. The van der Waals surface area contributed by atoms with Gasteiger partial charge in [-0.3, -0.25) is 4.68 Å². The number of fused-ring (bicyclic) bond motifs is 1. The molecular weight excluding hydrogens is 186 g/mol. The first-order valence-corrected chi connectivity index (χ1v) is 5.33. The van der Waals surface area contributed by atoms with Crippen LogP contribution in [0.4, 0.5) is 0 Å². The number of benzene rings is 1. The fourth-order valence-corrected chi connectivity index (χ4v) is 2.06. The van der Waals surface area contributed by atoms with E-state index in [2.05, 4.69) is 30.2 Å². The van der Waals surface area contributed by atoms with E-state index in [0.717, 1.165) is 18.4 Å². The Kier molecular flexibility index (Phi) is 1.55. The maximum Gasteiger partial charge on any atom is 0.0929 e. The van der Waals surface area contributed by atoms with E-state index in [4.69, 9.17) is 5.73 Å². The van der Waals surface area contributed by atoms with Gasteiger partial charge in [-0.25, -0.2) is 0 Å². The molecule has 0 amide bonds. The van der Waals surface area contributed by atoms with Crippen LogP contribution in [-0.2, 0) is 12.6 Å². The molecule has 1 fully saturated rings. The normalized spacial score (nSPS) is 18.3. The van der Waals surface area contributed by atoms with Crippen molar-refractivity contribution >= 4 is 10.9 Å². The molecule has 0 aliphatic heterocycles. The number of aromatic nitrogens is 2. The zero-order chi connectivity index (χ0) is 10.6. The van der Waals surface area contributed by atoms with Gasteiger partial charge in [0.05, 0.1) is 5.52 Å². The number of nitrogens with two attached hydrogens (primary N) is 1. The summed E-state index contributed by atoms with van der Waals surface area (Å²) < 4.78 is 1.92. The van der Waals surface area contributed by atoms with Gasteiger partial charge in [0.1, 0.15) is 0 Å². The Balaban J connectivity index is 2.22. The average molecular weight is 201 g/mol. The van der Waals surface area contributed by atoms with Crippen LogP contribution >= 0.6 is 0 Å². The molecule has 1 saturated carbocycles. The highest BCUT2D eigenvalue weighted by Gasteiger charge is 2.40. The maximum absolute atomic E-state index is 6.17. The van der Waals surface area contributed by atoms with Crippen LogP contribution in [0.3, 0.4) is 0 Å². The predicted octanol–water partition coefficient (Wildman–Crippen LogP) is 1.83. The van der Waals surface area contributed by atoms with Gasteiger partial charge < -0.3 is 5.73 Å². The summed E-state index contributed by atoms with van der Waals surface area (Å²) in [4.78, 5) is 0. The quantitative estimate of drug-likeness (QED) is 0.765. The molecule has 0 atom stereocenters. The third kappa shape index (κ3) is 1.20. The van der Waals surface area contributed by atoms with E-state index in [9.17, 15) is 0 Å². The first-order valence-electron chi connectivity index (χ1n) is 5.33. The lowest BCUT2D eigenvalue weighted by atomic mass is 10.0. The number of hydrogen-bond acceptors (Lipinski definition) is 2. The Hall–Kier alpha value is -1.35. The number of nitrogens with zero attached hydrogens (tertiary/aromatic N) is 2. The molecule has 1 heterocycles. The summed E-state index contributed by atoms with van der Waals surface area (Å²) in [6.07, 6.45) is 2.20. The monoisotopic (exact) mass is 201 g/mol. The third-order valence-electron chi connectivity index (χ3n) is 3.49.